The molecule has 0 N–H and O–H groups in total. The number of nitrogens with zero attached hydrogens (tertiary/aromatic N) is 1. The van der Waals surface area contributed by atoms with Crippen LogP contribution in [0.5, 0.6) is 0 Å². The van der Waals surface area contributed by atoms with Gasteiger partial charge in [-0.3, -0.25) is 14.5 Å². The summed E-state index contributed by atoms with van der Waals surface area (Å²) >= 11 is 3.33. The number of rotatable bonds is 2. The number of halogens is 1. The second-order valence-electron chi connectivity index (χ2n) is 4.60. The van der Waals surface area contributed by atoms with Crippen LogP contribution in [-0.2, 0) is 9.59 Å². The maximum Gasteiger partial charge on any atom is 0.237 e. The minimum Gasteiger partial charge on any atom is -0.274 e. The van der Waals surface area contributed by atoms with E-state index >= 15 is 0 Å². The normalized spacial score (nSPS) is 20.5. The van der Waals surface area contributed by atoms with Gasteiger partial charge in [-0.25, -0.2) is 0 Å². The van der Waals surface area contributed by atoms with Gasteiger partial charge in [-0.15, -0.1) is 0 Å². The van der Waals surface area contributed by atoms with Gasteiger partial charge in [-0.05, 0) is 30.2 Å². The van der Waals surface area contributed by atoms with Crippen LogP contribution in [0.4, 0.5) is 5.69 Å². The quantitative estimate of drug-likeness (QED) is 0.787. The molecule has 3 nitrogen and oxygen atoms in total. The number of benzene rings is 1. The van der Waals surface area contributed by atoms with Crippen molar-refractivity contribution in [1.82, 2.24) is 0 Å². The first-order valence-corrected chi connectivity index (χ1v) is 6.42. The van der Waals surface area contributed by atoms with Gasteiger partial charge >= 0.3 is 0 Å². The zero-order valence-electron chi connectivity index (χ0n) is 9.81. The van der Waals surface area contributed by atoms with Crippen molar-refractivity contribution in [2.24, 2.45) is 11.8 Å². The lowest BCUT2D eigenvalue weighted by atomic mass is 9.94. The fourth-order valence-electron chi connectivity index (χ4n) is 2.04. The summed E-state index contributed by atoms with van der Waals surface area (Å²) < 4.78 is 0.931. The SMILES string of the molecule is CC(C)C1CC(=O)N(c2ccc(Br)cc2)C1=O. The molecule has 1 heterocycles. The number of hydrogen-bond acceptors (Lipinski definition) is 2. The zero-order chi connectivity index (χ0) is 12.6. The fourth-order valence-corrected chi connectivity index (χ4v) is 2.30. The van der Waals surface area contributed by atoms with E-state index in [9.17, 15) is 9.59 Å². The van der Waals surface area contributed by atoms with Crippen molar-refractivity contribution in [2.75, 3.05) is 4.90 Å². The van der Waals surface area contributed by atoms with Crippen molar-refractivity contribution in [3.63, 3.8) is 0 Å². The second kappa shape index (κ2) is 4.61. The standard InChI is InChI=1S/C13H14BrNO2/c1-8(2)11-7-12(16)15(13(11)17)10-5-3-9(14)4-6-10/h3-6,8,11H,7H2,1-2H3. The summed E-state index contributed by atoms with van der Waals surface area (Å²) in [5, 5.41) is 0. The first kappa shape index (κ1) is 12.3. The summed E-state index contributed by atoms with van der Waals surface area (Å²) in [6.07, 6.45) is 0.326. The molecule has 2 amide bonds. The molecule has 0 aromatic heterocycles. The van der Waals surface area contributed by atoms with Crippen LogP contribution in [0.2, 0.25) is 0 Å². The van der Waals surface area contributed by atoms with E-state index in [0.29, 0.717) is 12.1 Å². The molecule has 1 aromatic rings. The summed E-state index contributed by atoms with van der Waals surface area (Å²) in [6, 6.07) is 7.22. The van der Waals surface area contributed by atoms with E-state index in [1.54, 1.807) is 12.1 Å². The fraction of sp³-hybridized carbons (Fsp3) is 0.385. The summed E-state index contributed by atoms with van der Waals surface area (Å²) in [4.78, 5) is 25.3. The third kappa shape index (κ3) is 2.27. The van der Waals surface area contributed by atoms with Crippen molar-refractivity contribution in [3.8, 4) is 0 Å². The Bertz CT molecular complexity index is 453. The highest BCUT2D eigenvalue weighted by atomic mass is 79.9. The number of imide groups is 1. The average molecular weight is 296 g/mol. The highest BCUT2D eigenvalue weighted by molar-refractivity contribution is 9.10. The summed E-state index contributed by atoms with van der Waals surface area (Å²) in [5.74, 6) is -0.151. The third-order valence-electron chi connectivity index (χ3n) is 3.07. The van der Waals surface area contributed by atoms with Gasteiger partial charge < -0.3 is 0 Å². The van der Waals surface area contributed by atoms with Gasteiger partial charge in [0.25, 0.3) is 0 Å². The van der Waals surface area contributed by atoms with Crippen LogP contribution < -0.4 is 4.90 Å². The molecule has 1 saturated heterocycles. The minimum absolute atomic E-state index is 0.0766. The molecule has 0 aliphatic carbocycles. The van der Waals surface area contributed by atoms with Crippen LogP contribution in [0.1, 0.15) is 20.3 Å². The van der Waals surface area contributed by atoms with Crippen LogP contribution in [0, 0.1) is 11.8 Å². The molecular weight excluding hydrogens is 282 g/mol. The molecule has 1 unspecified atom stereocenters. The highest BCUT2D eigenvalue weighted by Gasteiger charge is 2.40. The third-order valence-corrected chi connectivity index (χ3v) is 3.60. The molecule has 1 aliphatic heterocycles. The van der Waals surface area contributed by atoms with Crippen LogP contribution in [0.15, 0.2) is 28.7 Å². The van der Waals surface area contributed by atoms with E-state index in [1.165, 1.54) is 4.90 Å². The van der Waals surface area contributed by atoms with E-state index in [0.717, 1.165) is 4.47 Å². The predicted molar refractivity (Wildman–Crippen MR) is 69.6 cm³/mol. The van der Waals surface area contributed by atoms with Crippen LogP contribution in [0.3, 0.4) is 0 Å². The predicted octanol–water partition coefficient (Wildman–Crippen LogP) is 2.98. The van der Waals surface area contributed by atoms with Gasteiger partial charge in [0.05, 0.1) is 11.6 Å². The average Bonchev–Trinajstić information content (AvgIpc) is 2.56. The maximum atomic E-state index is 12.1. The molecule has 0 spiro atoms. The Balaban J connectivity index is 2.30. The van der Waals surface area contributed by atoms with E-state index in [4.69, 9.17) is 0 Å². The molecule has 90 valence electrons. The summed E-state index contributed by atoms with van der Waals surface area (Å²) in [5.41, 5.74) is 0.659. The van der Waals surface area contributed by atoms with E-state index in [-0.39, 0.29) is 23.7 Å². The zero-order valence-corrected chi connectivity index (χ0v) is 11.4. The maximum absolute atomic E-state index is 12.1. The molecular formula is C13H14BrNO2. The van der Waals surface area contributed by atoms with Crippen molar-refractivity contribution >= 4 is 33.4 Å². The number of carbonyl (C=O) groups is 2. The molecule has 1 aliphatic rings. The van der Waals surface area contributed by atoms with Crippen LogP contribution in [-0.4, -0.2) is 11.8 Å². The van der Waals surface area contributed by atoms with Crippen molar-refractivity contribution in [1.29, 1.82) is 0 Å². The molecule has 4 heteroatoms. The molecule has 1 aromatic carbocycles. The Kier molecular flexibility index (Phi) is 3.33. The van der Waals surface area contributed by atoms with Crippen LogP contribution >= 0.6 is 15.9 Å². The van der Waals surface area contributed by atoms with E-state index in [1.807, 2.05) is 26.0 Å². The highest BCUT2D eigenvalue weighted by Crippen LogP contribution is 2.31. The van der Waals surface area contributed by atoms with Gasteiger partial charge in [0.1, 0.15) is 0 Å². The summed E-state index contributed by atoms with van der Waals surface area (Å²) in [6.45, 7) is 3.95. The molecule has 0 bridgehead atoms. The molecule has 1 fully saturated rings. The lowest BCUT2D eigenvalue weighted by molar-refractivity contribution is -0.122. The lowest BCUT2D eigenvalue weighted by Crippen LogP contribution is -2.31. The smallest absolute Gasteiger partial charge is 0.237 e. The number of carbonyl (C=O) groups excluding carboxylic acids is 2. The first-order chi connectivity index (χ1) is 8.00. The Hall–Kier alpha value is -1.16. The second-order valence-corrected chi connectivity index (χ2v) is 5.51. The van der Waals surface area contributed by atoms with E-state index < -0.39 is 0 Å². The monoisotopic (exact) mass is 295 g/mol. The largest absolute Gasteiger partial charge is 0.274 e. The number of hydrogen-bond donors (Lipinski definition) is 0. The van der Waals surface area contributed by atoms with Crippen molar-refractivity contribution < 1.29 is 9.59 Å². The van der Waals surface area contributed by atoms with Gasteiger partial charge in [0.2, 0.25) is 11.8 Å². The Morgan fingerprint density at radius 1 is 1.24 bits per heavy atom. The van der Waals surface area contributed by atoms with E-state index in [2.05, 4.69) is 15.9 Å². The molecule has 0 radical (unpaired) electrons. The molecule has 2 rings (SSSR count). The molecule has 0 saturated carbocycles. The van der Waals surface area contributed by atoms with Crippen molar-refractivity contribution in [2.45, 2.75) is 20.3 Å². The van der Waals surface area contributed by atoms with Gasteiger partial charge in [-0.1, -0.05) is 29.8 Å². The topological polar surface area (TPSA) is 37.4 Å². The summed E-state index contributed by atoms with van der Waals surface area (Å²) in [7, 11) is 0. The van der Waals surface area contributed by atoms with Crippen LogP contribution in [0.25, 0.3) is 0 Å². The molecule has 17 heavy (non-hydrogen) atoms. The Morgan fingerprint density at radius 2 is 1.82 bits per heavy atom. The van der Waals surface area contributed by atoms with Gasteiger partial charge in [0, 0.05) is 10.9 Å². The first-order valence-electron chi connectivity index (χ1n) is 5.63. The van der Waals surface area contributed by atoms with Crippen molar-refractivity contribution in [3.05, 3.63) is 28.7 Å². The minimum atomic E-state index is -0.175. The van der Waals surface area contributed by atoms with Gasteiger partial charge in [-0.2, -0.15) is 0 Å². The lowest BCUT2D eigenvalue weighted by Gasteiger charge is -2.16. The Morgan fingerprint density at radius 3 is 2.29 bits per heavy atom. The Labute approximate surface area is 109 Å². The number of amides is 2. The van der Waals surface area contributed by atoms with Gasteiger partial charge in [0.15, 0.2) is 0 Å². The number of anilines is 1. The molecule has 1 atom stereocenters.